The first-order valence-electron chi connectivity index (χ1n) is 8.91. The van der Waals surface area contributed by atoms with E-state index in [1.807, 2.05) is 0 Å². The second-order valence-electron chi connectivity index (χ2n) is 7.13. The van der Waals surface area contributed by atoms with Crippen molar-refractivity contribution in [3.8, 4) is 11.1 Å². The number of fused-ring (bicyclic) bond motifs is 2. The lowest BCUT2D eigenvalue weighted by atomic mass is 9.99. The van der Waals surface area contributed by atoms with E-state index in [1.54, 1.807) is 0 Å². The predicted molar refractivity (Wildman–Crippen MR) is 99.7 cm³/mol. The van der Waals surface area contributed by atoms with Crippen molar-refractivity contribution in [1.29, 1.82) is 0 Å². The zero-order valence-corrected chi connectivity index (χ0v) is 13.9. The van der Waals surface area contributed by atoms with Gasteiger partial charge in [-0.15, -0.1) is 0 Å². The van der Waals surface area contributed by atoms with E-state index >= 15 is 0 Å². The number of H-pyrrole nitrogens is 1. The largest absolute Gasteiger partial charge is 0.383 e. The van der Waals surface area contributed by atoms with Gasteiger partial charge in [-0.3, -0.25) is 5.10 Å². The molecule has 0 amide bonds. The highest BCUT2D eigenvalue weighted by molar-refractivity contribution is 5.93. The first kappa shape index (κ1) is 13.9. The van der Waals surface area contributed by atoms with Crippen molar-refractivity contribution in [2.24, 2.45) is 0 Å². The predicted octanol–water partition coefficient (Wildman–Crippen LogP) is 4.72. The Balaban J connectivity index is 1.66. The van der Waals surface area contributed by atoms with E-state index < -0.39 is 0 Å². The summed E-state index contributed by atoms with van der Waals surface area (Å²) in [7, 11) is 0. The average molecular weight is 318 g/mol. The third kappa shape index (κ3) is 2.25. The van der Waals surface area contributed by atoms with Crippen LogP contribution in [0.25, 0.3) is 22.0 Å². The Morgan fingerprint density at radius 2 is 2.00 bits per heavy atom. The van der Waals surface area contributed by atoms with Crippen LogP contribution < -0.4 is 10.6 Å². The summed E-state index contributed by atoms with van der Waals surface area (Å²) in [4.78, 5) is 0. The Morgan fingerprint density at radius 3 is 2.88 bits per heavy atom. The normalized spacial score (nSPS) is 20.1. The number of anilines is 2. The summed E-state index contributed by atoms with van der Waals surface area (Å²) >= 11 is 0. The second-order valence-corrected chi connectivity index (χ2v) is 7.13. The van der Waals surface area contributed by atoms with Gasteiger partial charge < -0.3 is 10.6 Å². The van der Waals surface area contributed by atoms with Gasteiger partial charge in [0.1, 0.15) is 0 Å². The zero-order valence-electron chi connectivity index (χ0n) is 13.9. The van der Waals surface area contributed by atoms with Crippen molar-refractivity contribution in [2.75, 3.05) is 17.2 Å². The minimum atomic E-state index is 0.472. The molecule has 24 heavy (non-hydrogen) atoms. The molecular weight excluding hydrogens is 296 g/mol. The van der Waals surface area contributed by atoms with Crippen LogP contribution in [0.5, 0.6) is 0 Å². The maximum Gasteiger partial charge on any atom is 0.0731 e. The molecule has 0 spiro atoms. The van der Waals surface area contributed by atoms with Crippen LogP contribution in [0.4, 0.5) is 11.4 Å². The lowest BCUT2D eigenvalue weighted by molar-refractivity contribution is 0.746. The number of hydrogen-bond acceptors (Lipinski definition) is 3. The number of para-hydroxylation sites is 1. The Kier molecular flexibility index (Phi) is 3.05. The van der Waals surface area contributed by atoms with E-state index in [9.17, 15) is 0 Å². The summed E-state index contributed by atoms with van der Waals surface area (Å²) in [5.74, 6) is 0.654. The number of hydrogen-bond donors (Lipinski definition) is 3. The second kappa shape index (κ2) is 5.26. The van der Waals surface area contributed by atoms with Crippen molar-refractivity contribution < 1.29 is 0 Å². The molecule has 1 aromatic heterocycles. The summed E-state index contributed by atoms with van der Waals surface area (Å²) in [6, 6.07) is 13.7. The SMILES string of the molecule is C[C@H]1CCNc2cccc(-c3ccc4[nH]nc(C5CC5)c4c3)c2N1. The van der Waals surface area contributed by atoms with Crippen LogP contribution >= 0.6 is 0 Å². The molecule has 5 rings (SSSR count). The van der Waals surface area contributed by atoms with Gasteiger partial charge in [-0.2, -0.15) is 5.10 Å². The fraction of sp³-hybridized carbons (Fsp3) is 0.350. The van der Waals surface area contributed by atoms with Crippen molar-refractivity contribution in [3.05, 3.63) is 42.1 Å². The van der Waals surface area contributed by atoms with Crippen LogP contribution in [0.2, 0.25) is 0 Å². The van der Waals surface area contributed by atoms with Crippen LogP contribution in [-0.2, 0) is 0 Å². The van der Waals surface area contributed by atoms with Crippen molar-refractivity contribution in [2.45, 2.75) is 38.1 Å². The molecule has 1 fully saturated rings. The quantitative estimate of drug-likeness (QED) is 0.640. The van der Waals surface area contributed by atoms with Gasteiger partial charge in [0.2, 0.25) is 0 Å². The number of rotatable bonds is 2. The van der Waals surface area contributed by atoms with E-state index in [4.69, 9.17) is 0 Å². The van der Waals surface area contributed by atoms with Crippen molar-refractivity contribution >= 4 is 22.3 Å². The van der Waals surface area contributed by atoms with E-state index in [0.717, 1.165) is 18.5 Å². The minimum absolute atomic E-state index is 0.472. The molecule has 2 aromatic carbocycles. The molecule has 2 heterocycles. The van der Waals surface area contributed by atoms with E-state index in [1.165, 1.54) is 46.4 Å². The smallest absolute Gasteiger partial charge is 0.0731 e. The summed E-state index contributed by atoms with van der Waals surface area (Å²) in [6.07, 6.45) is 3.67. The van der Waals surface area contributed by atoms with Gasteiger partial charge in [0.05, 0.1) is 22.6 Å². The van der Waals surface area contributed by atoms with E-state index in [0.29, 0.717) is 12.0 Å². The molecule has 1 atom stereocenters. The first-order valence-corrected chi connectivity index (χ1v) is 8.91. The van der Waals surface area contributed by atoms with Gasteiger partial charge in [0.25, 0.3) is 0 Å². The highest BCUT2D eigenvalue weighted by Crippen LogP contribution is 2.43. The number of nitrogens with zero attached hydrogens (tertiary/aromatic N) is 1. The van der Waals surface area contributed by atoms with Gasteiger partial charge in [0.15, 0.2) is 0 Å². The average Bonchev–Trinajstić information content (AvgIpc) is 3.37. The van der Waals surface area contributed by atoms with Crippen molar-refractivity contribution in [3.63, 3.8) is 0 Å². The molecule has 0 saturated heterocycles. The molecule has 1 aliphatic carbocycles. The van der Waals surface area contributed by atoms with Crippen molar-refractivity contribution in [1.82, 2.24) is 10.2 Å². The van der Waals surface area contributed by atoms with Crippen LogP contribution in [0, 0.1) is 0 Å². The highest BCUT2D eigenvalue weighted by Gasteiger charge is 2.28. The third-order valence-electron chi connectivity index (χ3n) is 5.22. The Bertz CT molecular complexity index is 907. The molecule has 0 bridgehead atoms. The molecule has 2 aliphatic rings. The minimum Gasteiger partial charge on any atom is -0.383 e. The molecule has 3 N–H and O–H groups in total. The van der Waals surface area contributed by atoms with Gasteiger partial charge >= 0.3 is 0 Å². The Hall–Kier alpha value is -2.49. The van der Waals surface area contributed by atoms with Gasteiger partial charge in [-0.05, 0) is 49.9 Å². The van der Waals surface area contributed by atoms with E-state index in [2.05, 4.69) is 64.2 Å². The highest BCUT2D eigenvalue weighted by atomic mass is 15.1. The maximum absolute atomic E-state index is 4.55. The standard InChI is InChI=1S/C20H22N4/c1-12-9-10-21-18-4-2-3-15(20(18)22-12)14-7-8-17-16(11-14)19(24-23-17)13-5-6-13/h2-4,7-8,11-13,21-22H,5-6,9-10H2,1H3,(H,23,24)/t12-/m0/s1. The summed E-state index contributed by atoms with van der Waals surface area (Å²) in [6.45, 7) is 3.26. The zero-order chi connectivity index (χ0) is 16.1. The lowest BCUT2D eigenvalue weighted by Gasteiger charge is -2.17. The van der Waals surface area contributed by atoms with Gasteiger partial charge in [-0.1, -0.05) is 18.2 Å². The Morgan fingerprint density at radius 1 is 1.08 bits per heavy atom. The van der Waals surface area contributed by atoms with Crippen LogP contribution in [0.3, 0.4) is 0 Å². The number of benzene rings is 2. The summed E-state index contributed by atoms with van der Waals surface area (Å²) in [5.41, 5.74) is 7.32. The molecule has 0 unspecified atom stereocenters. The lowest BCUT2D eigenvalue weighted by Crippen LogP contribution is -2.15. The third-order valence-corrected chi connectivity index (χ3v) is 5.22. The molecule has 4 heteroatoms. The maximum atomic E-state index is 4.55. The number of aromatic amines is 1. The first-order chi connectivity index (χ1) is 11.8. The monoisotopic (exact) mass is 318 g/mol. The van der Waals surface area contributed by atoms with Gasteiger partial charge in [-0.25, -0.2) is 0 Å². The molecule has 122 valence electrons. The fourth-order valence-electron chi connectivity index (χ4n) is 3.71. The van der Waals surface area contributed by atoms with Crippen LogP contribution in [0.15, 0.2) is 36.4 Å². The Labute approximate surface area is 141 Å². The van der Waals surface area contributed by atoms with E-state index in [-0.39, 0.29) is 0 Å². The molecule has 0 radical (unpaired) electrons. The summed E-state index contributed by atoms with van der Waals surface area (Å²) in [5, 5.41) is 16.3. The number of aromatic nitrogens is 2. The van der Waals surface area contributed by atoms with Crippen LogP contribution in [-0.4, -0.2) is 22.8 Å². The van der Waals surface area contributed by atoms with Crippen LogP contribution in [0.1, 0.15) is 37.8 Å². The molecule has 1 aliphatic heterocycles. The molecule has 1 saturated carbocycles. The molecule has 3 aromatic rings. The molecular formula is C20H22N4. The summed E-state index contributed by atoms with van der Waals surface area (Å²) < 4.78 is 0. The number of nitrogens with one attached hydrogen (secondary N) is 3. The fourth-order valence-corrected chi connectivity index (χ4v) is 3.71. The molecule has 4 nitrogen and oxygen atoms in total. The van der Waals surface area contributed by atoms with Gasteiger partial charge in [0, 0.05) is 29.5 Å². The topological polar surface area (TPSA) is 52.7 Å².